The first-order valence-corrected chi connectivity index (χ1v) is 7.79. The zero-order valence-electron chi connectivity index (χ0n) is 13.3. The number of carbonyl (C=O) groups excluding carboxylic acids is 2. The first kappa shape index (κ1) is 18.1. The van der Waals surface area contributed by atoms with Crippen LogP contribution in [0.1, 0.15) is 49.9 Å². The van der Waals surface area contributed by atoms with Crippen molar-refractivity contribution in [3.8, 4) is 0 Å². The summed E-state index contributed by atoms with van der Waals surface area (Å²) in [6.45, 7) is 4.88. The fourth-order valence-corrected chi connectivity index (χ4v) is 2.13. The van der Waals surface area contributed by atoms with Crippen molar-refractivity contribution in [3.63, 3.8) is 0 Å². The number of amides is 1. The lowest BCUT2D eigenvalue weighted by molar-refractivity contribution is -0.143. The molecule has 0 fully saturated rings. The van der Waals surface area contributed by atoms with E-state index in [0.29, 0.717) is 13.2 Å². The number of nitrogens with zero attached hydrogens (tertiary/aromatic N) is 1. The van der Waals surface area contributed by atoms with Crippen molar-refractivity contribution in [2.45, 2.75) is 39.5 Å². The highest BCUT2D eigenvalue weighted by atomic mass is 19.1. The molecule has 5 heteroatoms. The van der Waals surface area contributed by atoms with Crippen LogP contribution in [-0.4, -0.2) is 36.5 Å². The Morgan fingerprint density at radius 2 is 1.86 bits per heavy atom. The molecule has 0 aromatic heterocycles. The van der Waals surface area contributed by atoms with Crippen LogP contribution >= 0.6 is 0 Å². The quantitative estimate of drug-likeness (QED) is 0.519. The van der Waals surface area contributed by atoms with Gasteiger partial charge in [0.15, 0.2) is 0 Å². The molecule has 22 heavy (non-hydrogen) atoms. The average molecular weight is 309 g/mol. The summed E-state index contributed by atoms with van der Waals surface area (Å²) in [5.74, 6) is -1.26. The molecule has 0 aliphatic rings. The number of benzene rings is 1. The number of hydrogen-bond donors (Lipinski definition) is 0. The van der Waals surface area contributed by atoms with Gasteiger partial charge in [-0.05, 0) is 25.5 Å². The molecule has 0 saturated heterocycles. The van der Waals surface area contributed by atoms with Crippen LogP contribution in [0.25, 0.3) is 0 Å². The highest BCUT2D eigenvalue weighted by Gasteiger charge is 2.19. The minimum Gasteiger partial charge on any atom is -0.466 e. The molecule has 0 atom stereocenters. The number of unbranched alkanes of at least 4 members (excludes halogenated alkanes) is 2. The van der Waals surface area contributed by atoms with Gasteiger partial charge >= 0.3 is 5.97 Å². The van der Waals surface area contributed by atoms with E-state index in [1.807, 2.05) is 0 Å². The van der Waals surface area contributed by atoms with E-state index >= 15 is 0 Å². The van der Waals surface area contributed by atoms with Gasteiger partial charge in [0.2, 0.25) is 0 Å². The van der Waals surface area contributed by atoms with Gasteiger partial charge in [0.25, 0.3) is 5.91 Å². The molecular weight excluding hydrogens is 285 g/mol. The zero-order valence-corrected chi connectivity index (χ0v) is 13.3. The number of esters is 1. The summed E-state index contributed by atoms with van der Waals surface area (Å²) in [7, 11) is 0. The molecule has 0 spiro atoms. The highest BCUT2D eigenvalue weighted by molar-refractivity contribution is 5.94. The third-order valence-electron chi connectivity index (χ3n) is 3.31. The summed E-state index contributed by atoms with van der Waals surface area (Å²) >= 11 is 0. The Morgan fingerprint density at radius 3 is 2.50 bits per heavy atom. The Balaban J connectivity index is 2.73. The Morgan fingerprint density at radius 1 is 1.14 bits per heavy atom. The number of halogens is 1. The van der Waals surface area contributed by atoms with Crippen molar-refractivity contribution in [3.05, 3.63) is 35.6 Å². The zero-order chi connectivity index (χ0) is 16.4. The van der Waals surface area contributed by atoms with Crippen LogP contribution in [-0.2, 0) is 9.53 Å². The Bertz CT molecular complexity index is 491. The standard InChI is InChI=1S/C17H24FNO3/c1-3-5-8-12-19(13-11-16(20)22-4-2)17(21)14-9-6-7-10-15(14)18/h6-7,9-10H,3-5,8,11-13H2,1-2H3. The molecule has 1 amide bonds. The van der Waals surface area contributed by atoms with Gasteiger partial charge in [-0.15, -0.1) is 0 Å². The molecule has 0 aliphatic heterocycles. The van der Waals surface area contributed by atoms with E-state index in [2.05, 4.69) is 6.92 Å². The molecule has 0 heterocycles. The molecule has 0 unspecified atom stereocenters. The predicted molar refractivity (Wildman–Crippen MR) is 83.1 cm³/mol. The van der Waals surface area contributed by atoms with E-state index in [1.165, 1.54) is 17.0 Å². The van der Waals surface area contributed by atoms with Gasteiger partial charge in [0.05, 0.1) is 18.6 Å². The first-order chi connectivity index (χ1) is 10.6. The summed E-state index contributed by atoms with van der Waals surface area (Å²) in [6.07, 6.45) is 2.97. The lowest BCUT2D eigenvalue weighted by atomic mass is 10.1. The predicted octanol–water partition coefficient (Wildman–Crippen LogP) is 3.41. The Kier molecular flexibility index (Phi) is 8.18. The Labute approximate surface area is 131 Å². The maximum Gasteiger partial charge on any atom is 0.307 e. The lowest BCUT2D eigenvalue weighted by Crippen LogP contribution is -2.34. The van der Waals surface area contributed by atoms with Crippen molar-refractivity contribution in [2.75, 3.05) is 19.7 Å². The van der Waals surface area contributed by atoms with E-state index in [4.69, 9.17) is 4.74 Å². The van der Waals surface area contributed by atoms with Gasteiger partial charge in [0, 0.05) is 13.1 Å². The summed E-state index contributed by atoms with van der Waals surface area (Å²) in [4.78, 5) is 25.5. The van der Waals surface area contributed by atoms with Gasteiger partial charge < -0.3 is 9.64 Å². The van der Waals surface area contributed by atoms with Gasteiger partial charge in [-0.25, -0.2) is 4.39 Å². The van der Waals surface area contributed by atoms with Crippen molar-refractivity contribution in [1.29, 1.82) is 0 Å². The third kappa shape index (κ3) is 5.84. The minimum absolute atomic E-state index is 0.0443. The van der Waals surface area contributed by atoms with Crippen LogP contribution in [0, 0.1) is 5.82 Å². The second-order valence-corrected chi connectivity index (χ2v) is 5.03. The molecule has 1 aromatic rings. The van der Waals surface area contributed by atoms with Crippen LogP contribution in [0.2, 0.25) is 0 Å². The third-order valence-corrected chi connectivity index (χ3v) is 3.31. The lowest BCUT2D eigenvalue weighted by Gasteiger charge is -2.22. The topological polar surface area (TPSA) is 46.6 Å². The second kappa shape index (κ2) is 9.92. The maximum absolute atomic E-state index is 13.8. The van der Waals surface area contributed by atoms with Gasteiger partial charge in [0.1, 0.15) is 5.82 Å². The van der Waals surface area contributed by atoms with Crippen molar-refractivity contribution in [1.82, 2.24) is 4.90 Å². The summed E-state index contributed by atoms with van der Waals surface area (Å²) < 4.78 is 18.6. The first-order valence-electron chi connectivity index (χ1n) is 7.79. The van der Waals surface area contributed by atoms with E-state index in [0.717, 1.165) is 19.3 Å². The number of ether oxygens (including phenoxy) is 1. The number of rotatable bonds is 9. The van der Waals surface area contributed by atoms with E-state index in [-0.39, 0.29) is 30.4 Å². The second-order valence-electron chi connectivity index (χ2n) is 5.03. The SMILES string of the molecule is CCCCCN(CCC(=O)OCC)C(=O)c1ccccc1F. The normalized spacial score (nSPS) is 10.3. The molecule has 4 nitrogen and oxygen atoms in total. The largest absolute Gasteiger partial charge is 0.466 e. The summed E-state index contributed by atoms with van der Waals surface area (Å²) in [5, 5.41) is 0. The molecule has 122 valence electrons. The molecular formula is C17H24FNO3. The minimum atomic E-state index is -0.538. The average Bonchev–Trinajstić information content (AvgIpc) is 2.51. The van der Waals surface area contributed by atoms with Crippen LogP contribution in [0.5, 0.6) is 0 Å². The Hall–Kier alpha value is -1.91. The molecule has 0 saturated carbocycles. The van der Waals surface area contributed by atoms with Crippen LogP contribution in [0.15, 0.2) is 24.3 Å². The van der Waals surface area contributed by atoms with Crippen molar-refractivity contribution < 1.29 is 18.7 Å². The van der Waals surface area contributed by atoms with E-state index < -0.39 is 5.82 Å². The summed E-state index contributed by atoms with van der Waals surface area (Å²) in [6, 6.07) is 5.91. The van der Waals surface area contributed by atoms with Gasteiger partial charge in [-0.3, -0.25) is 9.59 Å². The molecule has 0 radical (unpaired) electrons. The highest BCUT2D eigenvalue weighted by Crippen LogP contribution is 2.12. The van der Waals surface area contributed by atoms with Crippen molar-refractivity contribution >= 4 is 11.9 Å². The van der Waals surface area contributed by atoms with Crippen LogP contribution < -0.4 is 0 Å². The molecule has 1 rings (SSSR count). The molecule has 1 aromatic carbocycles. The number of hydrogen-bond acceptors (Lipinski definition) is 3. The smallest absolute Gasteiger partial charge is 0.307 e. The fraction of sp³-hybridized carbons (Fsp3) is 0.529. The maximum atomic E-state index is 13.8. The van der Waals surface area contributed by atoms with Crippen molar-refractivity contribution in [2.24, 2.45) is 0 Å². The summed E-state index contributed by atoms with van der Waals surface area (Å²) in [5.41, 5.74) is 0.0443. The monoisotopic (exact) mass is 309 g/mol. The fourth-order valence-electron chi connectivity index (χ4n) is 2.13. The molecule has 0 aliphatic carbocycles. The van der Waals surface area contributed by atoms with Crippen LogP contribution in [0.3, 0.4) is 0 Å². The van der Waals surface area contributed by atoms with Gasteiger partial charge in [-0.2, -0.15) is 0 Å². The molecule has 0 N–H and O–H groups in total. The van der Waals surface area contributed by atoms with Crippen LogP contribution in [0.4, 0.5) is 4.39 Å². The molecule has 0 bridgehead atoms. The van der Waals surface area contributed by atoms with E-state index in [1.54, 1.807) is 19.1 Å². The number of carbonyl (C=O) groups is 2. The van der Waals surface area contributed by atoms with Gasteiger partial charge in [-0.1, -0.05) is 31.9 Å². The van der Waals surface area contributed by atoms with E-state index in [9.17, 15) is 14.0 Å².